The van der Waals surface area contributed by atoms with Crippen molar-refractivity contribution < 1.29 is 9.90 Å². The summed E-state index contributed by atoms with van der Waals surface area (Å²) in [4.78, 5) is 16.1. The summed E-state index contributed by atoms with van der Waals surface area (Å²) in [5, 5.41) is 9.95. The number of nitrogens with zero attached hydrogens (tertiary/aromatic N) is 2. The fourth-order valence-corrected chi connectivity index (χ4v) is 4.36. The first kappa shape index (κ1) is 20.7. The van der Waals surface area contributed by atoms with Gasteiger partial charge in [0.25, 0.3) is 0 Å². The lowest BCUT2D eigenvalue weighted by Gasteiger charge is -2.36. The molecule has 4 rings (SSSR count). The molecule has 2 aromatic carbocycles. The van der Waals surface area contributed by atoms with Gasteiger partial charge in [-0.25, -0.2) is 0 Å². The summed E-state index contributed by atoms with van der Waals surface area (Å²) in [6, 6.07) is 20.5. The molecule has 0 aliphatic carbocycles. The molecule has 4 heteroatoms. The Balaban J connectivity index is 0.000000161. The lowest BCUT2D eigenvalue weighted by Crippen LogP contribution is -2.39. The van der Waals surface area contributed by atoms with Gasteiger partial charge in [0, 0.05) is 6.42 Å². The topological polar surface area (TPSA) is 43.8 Å². The molecule has 2 heterocycles. The second kappa shape index (κ2) is 9.97. The Kier molecular flexibility index (Phi) is 7.37. The third-order valence-corrected chi connectivity index (χ3v) is 5.79. The van der Waals surface area contributed by atoms with Crippen LogP contribution in [0.4, 0.5) is 0 Å². The van der Waals surface area contributed by atoms with Gasteiger partial charge in [0.05, 0.1) is 18.2 Å². The SMILES string of the molecule is CN1CCCC(=O)[C@@H]1c1ccccc1.CN1CCCC(O)C1c1ccccc1. The lowest BCUT2D eigenvalue weighted by atomic mass is 9.93. The first-order valence-corrected chi connectivity index (χ1v) is 10.3. The van der Waals surface area contributed by atoms with Gasteiger partial charge in [-0.05, 0) is 57.6 Å². The van der Waals surface area contributed by atoms with Gasteiger partial charge in [-0.15, -0.1) is 0 Å². The molecule has 28 heavy (non-hydrogen) atoms. The summed E-state index contributed by atoms with van der Waals surface area (Å²) in [5.74, 6) is 0.352. The molecule has 150 valence electrons. The minimum atomic E-state index is -0.212. The Bertz CT molecular complexity index is 725. The number of aliphatic hydroxyl groups is 1. The van der Waals surface area contributed by atoms with Gasteiger partial charge >= 0.3 is 0 Å². The van der Waals surface area contributed by atoms with Crippen LogP contribution in [-0.4, -0.2) is 54.0 Å². The molecule has 0 bridgehead atoms. The smallest absolute Gasteiger partial charge is 0.154 e. The summed E-state index contributed by atoms with van der Waals surface area (Å²) in [6.45, 7) is 2.10. The normalized spacial score (nSPS) is 26.4. The minimum absolute atomic E-state index is 0.00931. The van der Waals surface area contributed by atoms with Crippen molar-refractivity contribution in [1.29, 1.82) is 0 Å². The minimum Gasteiger partial charge on any atom is -0.391 e. The average molecular weight is 381 g/mol. The quantitative estimate of drug-likeness (QED) is 0.860. The maximum Gasteiger partial charge on any atom is 0.154 e. The van der Waals surface area contributed by atoms with Gasteiger partial charge in [-0.3, -0.25) is 14.6 Å². The highest BCUT2D eigenvalue weighted by Crippen LogP contribution is 2.29. The number of carbonyl (C=O) groups is 1. The van der Waals surface area contributed by atoms with E-state index in [1.165, 1.54) is 5.56 Å². The van der Waals surface area contributed by atoms with E-state index in [9.17, 15) is 9.90 Å². The van der Waals surface area contributed by atoms with Crippen molar-refractivity contribution in [3.05, 3.63) is 71.8 Å². The van der Waals surface area contributed by atoms with E-state index in [4.69, 9.17) is 0 Å². The molecule has 4 nitrogen and oxygen atoms in total. The van der Waals surface area contributed by atoms with Crippen molar-refractivity contribution in [3.8, 4) is 0 Å². The molecular formula is C24H32N2O2. The van der Waals surface area contributed by atoms with Crippen LogP contribution in [0.5, 0.6) is 0 Å². The van der Waals surface area contributed by atoms with Crippen LogP contribution in [0.1, 0.15) is 48.9 Å². The van der Waals surface area contributed by atoms with Gasteiger partial charge in [-0.2, -0.15) is 0 Å². The zero-order valence-electron chi connectivity index (χ0n) is 17.0. The molecule has 2 fully saturated rings. The predicted molar refractivity (Wildman–Crippen MR) is 113 cm³/mol. The second-order valence-electron chi connectivity index (χ2n) is 7.91. The van der Waals surface area contributed by atoms with E-state index in [2.05, 4.69) is 29.0 Å². The van der Waals surface area contributed by atoms with Gasteiger partial charge in [0.2, 0.25) is 0 Å². The number of Topliss-reactive ketones (excluding diaryl/α,β-unsaturated/α-hetero) is 1. The fraction of sp³-hybridized carbons (Fsp3) is 0.458. The Labute approximate surface area is 168 Å². The molecule has 2 saturated heterocycles. The lowest BCUT2D eigenvalue weighted by molar-refractivity contribution is -0.126. The molecule has 0 saturated carbocycles. The van der Waals surface area contributed by atoms with E-state index in [1.54, 1.807) is 0 Å². The van der Waals surface area contributed by atoms with Crippen molar-refractivity contribution in [2.45, 2.75) is 43.9 Å². The van der Waals surface area contributed by atoms with Gasteiger partial charge in [0.15, 0.2) is 5.78 Å². The van der Waals surface area contributed by atoms with Crippen molar-refractivity contribution in [2.24, 2.45) is 0 Å². The number of likely N-dealkylation sites (tertiary alicyclic amines) is 2. The number of rotatable bonds is 2. The van der Waals surface area contributed by atoms with Crippen molar-refractivity contribution in [2.75, 3.05) is 27.2 Å². The fourth-order valence-electron chi connectivity index (χ4n) is 4.36. The standard InChI is InChI=1S/C12H17NO.C12H15NO/c2*1-13-9-5-8-11(14)12(13)10-6-3-2-4-7-10/h2-4,6-7,11-12,14H,5,8-9H2,1H3;2-4,6-7,12H,5,8-9H2,1H3/t;12-/m.0/s1. The van der Waals surface area contributed by atoms with Crippen LogP contribution < -0.4 is 0 Å². The molecule has 0 aromatic heterocycles. The van der Waals surface area contributed by atoms with Crippen molar-refractivity contribution in [3.63, 3.8) is 0 Å². The van der Waals surface area contributed by atoms with Crippen molar-refractivity contribution >= 4 is 5.78 Å². The zero-order valence-corrected chi connectivity index (χ0v) is 17.0. The number of carbonyl (C=O) groups excluding carboxylic acids is 1. The van der Waals surface area contributed by atoms with Gasteiger partial charge in [0.1, 0.15) is 0 Å². The summed E-state index contributed by atoms with van der Waals surface area (Å²) in [6.07, 6.45) is 3.53. The molecule has 0 amide bonds. The van der Waals surface area contributed by atoms with Crippen LogP contribution in [0.25, 0.3) is 0 Å². The number of likely N-dealkylation sites (N-methyl/N-ethyl adjacent to an activating group) is 2. The van der Waals surface area contributed by atoms with E-state index >= 15 is 0 Å². The number of hydrogen-bond acceptors (Lipinski definition) is 4. The number of piperidine rings is 2. The van der Waals surface area contributed by atoms with Gasteiger partial charge < -0.3 is 5.11 Å². The average Bonchev–Trinajstić information content (AvgIpc) is 2.70. The molecule has 2 aliphatic rings. The number of aliphatic hydroxyl groups excluding tert-OH is 1. The molecule has 2 aromatic rings. The summed E-state index contributed by atoms with van der Waals surface area (Å²) < 4.78 is 0. The molecule has 1 N–H and O–H groups in total. The number of hydrogen-bond donors (Lipinski definition) is 1. The molecule has 0 radical (unpaired) electrons. The summed E-state index contributed by atoms with van der Waals surface area (Å²) in [7, 11) is 4.11. The summed E-state index contributed by atoms with van der Waals surface area (Å²) in [5.41, 5.74) is 2.35. The Morgan fingerprint density at radius 1 is 0.821 bits per heavy atom. The number of ketones is 1. The van der Waals surface area contributed by atoms with Crippen LogP contribution in [0.2, 0.25) is 0 Å². The predicted octanol–water partition coefficient (Wildman–Crippen LogP) is 3.84. The van der Waals surface area contributed by atoms with E-state index in [-0.39, 0.29) is 18.2 Å². The largest absolute Gasteiger partial charge is 0.391 e. The highest BCUT2D eigenvalue weighted by molar-refractivity contribution is 5.85. The van der Waals surface area contributed by atoms with Crippen LogP contribution in [0.3, 0.4) is 0 Å². The van der Waals surface area contributed by atoms with E-state index in [1.807, 2.05) is 55.6 Å². The molecule has 0 spiro atoms. The first-order valence-electron chi connectivity index (χ1n) is 10.3. The maximum atomic E-state index is 11.8. The van der Waals surface area contributed by atoms with E-state index < -0.39 is 0 Å². The third kappa shape index (κ3) is 5.07. The Hall–Kier alpha value is -2.01. The second-order valence-corrected chi connectivity index (χ2v) is 7.91. The zero-order chi connectivity index (χ0) is 19.9. The van der Waals surface area contributed by atoms with Crippen molar-refractivity contribution in [1.82, 2.24) is 9.80 Å². The molecule has 2 aliphatic heterocycles. The van der Waals surface area contributed by atoms with Crippen LogP contribution in [0.15, 0.2) is 60.7 Å². The van der Waals surface area contributed by atoms with E-state index in [0.717, 1.165) is 44.3 Å². The van der Waals surface area contributed by atoms with Gasteiger partial charge in [-0.1, -0.05) is 60.7 Å². The van der Waals surface area contributed by atoms with E-state index in [0.29, 0.717) is 5.78 Å². The highest BCUT2D eigenvalue weighted by Gasteiger charge is 2.29. The Morgan fingerprint density at radius 3 is 1.96 bits per heavy atom. The van der Waals surface area contributed by atoms with Crippen LogP contribution in [0, 0.1) is 0 Å². The van der Waals surface area contributed by atoms with Crippen LogP contribution in [-0.2, 0) is 4.79 Å². The van der Waals surface area contributed by atoms with Crippen LogP contribution >= 0.6 is 0 Å². The maximum absolute atomic E-state index is 11.8. The first-order chi connectivity index (χ1) is 13.6. The molecule has 3 atom stereocenters. The third-order valence-electron chi connectivity index (χ3n) is 5.79. The highest BCUT2D eigenvalue weighted by atomic mass is 16.3. The molecule has 2 unspecified atom stereocenters. The molecular weight excluding hydrogens is 348 g/mol. The number of benzene rings is 2. The monoisotopic (exact) mass is 380 g/mol. The Morgan fingerprint density at radius 2 is 1.39 bits per heavy atom. The summed E-state index contributed by atoms with van der Waals surface area (Å²) >= 11 is 0.